The molecule has 1 amide bonds. The lowest BCUT2D eigenvalue weighted by molar-refractivity contribution is -0.148. The third kappa shape index (κ3) is 4.52. The summed E-state index contributed by atoms with van der Waals surface area (Å²) in [6.07, 6.45) is -0.549. The molecule has 1 N–H and O–H groups in total. The number of rotatable bonds is 3. The molecule has 1 heterocycles. The van der Waals surface area contributed by atoms with Crippen molar-refractivity contribution in [2.75, 3.05) is 19.8 Å². The van der Waals surface area contributed by atoms with Crippen LogP contribution in [-0.2, 0) is 19.0 Å². The zero-order valence-electron chi connectivity index (χ0n) is 11.3. The van der Waals surface area contributed by atoms with Gasteiger partial charge >= 0.3 is 12.1 Å². The van der Waals surface area contributed by atoms with Crippen LogP contribution >= 0.6 is 0 Å². The van der Waals surface area contributed by atoms with E-state index in [4.69, 9.17) is 14.2 Å². The van der Waals surface area contributed by atoms with Crippen LogP contribution in [0.15, 0.2) is 0 Å². The number of hydrogen-bond acceptors (Lipinski definition) is 5. The molecule has 2 atom stereocenters. The van der Waals surface area contributed by atoms with Gasteiger partial charge in [-0.25, -0.2) is 4.79 Å². The van der Waals surface area contributed by atoms with Crippen LogP contribution < -0.4 is 5.32 Å². The predicted molar refractivity (Wildman–Crippen MR) is 64.1 cm³/mol. The summed E-state index contributed by atoms with van der Waals surface area (Å²) in [6, 6.07) is -0.390. The van der Waals surface area contributed by atoms with Gasteiger partial charge in [-0.1, -0.05) is 0 Å². The average molecular weight is 259 g/mol. The van der Waals surface area contributed by atoms with Crippen LogP contribution in [0, 0.1) is 5.92 Å². The Morgan fingerprint density at radius 2 is 2.00 bits per heavy atom. The van der Waals surface area contributed by atoms with Gasteiger partial charge in [0.25, 0.3) is 0 Å². The summed E-state index contributed by atoms with van der Waals surface area (Å²) in [5.74, 6) is -0.812. The van der Waals surface area contributed by atoms with E-state index in [-0.39, 0.29) is 18.6 Å². The second-order valence-electron chi connectivity index (χ2n) is 5.15. The molecule has 0 radical (unpaired) electrons. The largest absolute Gasteiger partial charge is 0.466 e. The Hall–Kier alpha value is -1.30. The molecule has 1 aliphatic rings. The van der Waals surface area contributed by atoms with Crippen molar-refractivity contribution in [2.24, 2.45) is 5.92 Å². The summed E-state index contributed by atoms with van der Waals surface area (Å²) in [5.41, 5.74) is -0.566. The summed E-state index contributed by atoms with van der Waals surface area (Å²) < 4.78 is 15.3. The SMILES string of the molecule is CCOC(=O)C1COC[C@H]1NC(=O)OC(C)(C)C. The molecule has 0 saturated carbocycles. The summed E-state index contributed by atoms with van der Waals surface area (Å²) in [6.45, 7) is 7.95. The standard InChI is InChI=1S/C12H21NO5/c1-5-17-10(14)8-6-16-7-9(8)13-11(15)18-12(2,3)4/h8-9H,5-7H2,1-4H3,(H,13,15)/t8?,9-/m1/s1. The number of alkyl carbamates (subject to hydrolysis) is 1. The molecular weight excluding hydrogens is 238 g/mol. The van der Waals surface area contributed by atoms with Crippen molar-refractivity contribution < 1.29 is 23.8 Å². The lowest BCUT2D eigenvalue weighted by atomic mass is 10.0. The average Bonchev–Trinajstić information content (AvgIpc) is 2.62. The van der Waals surface area contributed by atoms with Gasteiger partial charge in [-0.05, 0) is 27.7 Å². The Morgan fingerprint density at radius 3 is 2.56 bits per heavy atom. The fraction of sp³-hybridized carbons (Fsp3) is 0.833. The van der Waals surface area contributed by atoms with Gasteiger partial charge in [0.1, 0.15) is 11.5 Å². The molecule has 104 valence electrons. The van der Waals surface area contributed by atoms with Gasteiger partial charge < -0.3 is 19.5 Å². The van der Waals surface area contributed by atoms with Crippen LogP contribution in [0.4, 0.5) is 4.79 Å². The number of ether oxygens (including phenoxy) is 3. The van der Waals surface area contributed by atoms with E-state index in [0.29, 0.717) is 13.2 Å². The van der Waals surface area contributed by atoms with Crippen molar-refractivity contribution in [1.82, 2.24) is 5.32 Å². The fourth-order valence-electron chi connectivity index (χ4n) is 1.64. The van der Waals surface area contributed by atoms with E-state index in [1.165, 1.54) is 0 Å². The first-order valence-electron chi connectivity index (χ1n) is 6.07. The molecule has 1 fully saturated rings. The Bertz CT molecular complexity index is 310. The first-order chi connectivity index (χ1) is 8.33. The molecule has 0 bridgehead atoms. The summed E-state index contributed by atoms with van der Waals surface area (Å²) in [4.78, 5) is 23.2. The topological polar surface area (TPSA) is 73.9 Å². The number of nitrogens with one attached hydrogen (secondary N) is 1. The summed E-state index contributed by atoms with van der Waals surface area (Å²) in [7, 11) is 0. The molecule has 0 aromatic heterocycles. The number of hydrogen-bond donors (Lipinski definition) is 1. The lowest BCUT2D eigenvalue weighted by Gasteiger charge is -2.23. The van der Waals surface area contributed by atoms with Crippen LogP contribution in [0.2, 0.25) is 0 Å². The minimum absolute atomic E-state index is 0.263. The van der Waals surface area contributed by atoms with Gasteiger partial charge in [0.15, 0.2) is 0 Å². The smallest absolute Gasteiger partial charge is 0.407 e. The zero-order chi connectivity index (χ0) is 13.8. The van der Waals surface area contributed by atoms with E-state index in [2.05, 4.69) is 5.32 Å². The van der Waals surface area contributed by atoms with E-state index < -0.39 is 17.6 Å². The number of carbonyl (C=O) groups is 2. The normalized spacial score (nSPS) is 23.6. The van der Waals surface area contributed by atoms with E-state index in [1.54, 1.807) is 27.7 Å². The molecule has 1 aliphatic heterocycles. The third-order valence-corrected chi connectivity index (χ3v) is 2.37. The highest BCUT2D eigenvalue weighted by Gasteiger charge is 2.37. The molecule has 1 saturated heterocycles. The molecular formula is C12H21NO5. The Morgan fingerprint density at radius 1 is 1.33 bits per heavy atom. The zero-order valence-corrected chi connectivity index (χ0v) is 11.3. The van der Waals surface area contributed by atoms with Crippen molar-refractivity contribution >= 4 is 12.1 Å². The second kappa shape index (κ2) is 6.04. The fourth-order valence-corrected chi connectivity index (χ4v) is 1.64. The Labute approximate surface area is 107 Å². The van der Waals surface area contributed by atoms with Crippen molar-refractivity contribution in [3.63, 3.8) is 0 Å². The van der Waals surface area contributed by atoms with Gasteiger partial charge in [-0.15, -0.1) is 0 Å². The predicted octanol–water partition coefficient (Wildman–Crippen LogP) is 1.09. The maximum Gasteiger partial charge on any atom is 0.407 e. The van der Waals surface area contributed by atoms with Gasteiger partial charge in [0.2, 0.25) is 0 Å². The van der Waals surface area contributed by atoms with Crippen LogP contribution in [0.25, 0.3) is 0 Å². The Balaban J connectivity index is 2.50. The van der Waals surface area contributed by atoms with Crippen LogP contribution in [-0.4, -0.2) is 43.5 Å². The number of carbonyl (C=O) groups excluding carboxylic acids is 2. The van der Waals surface area contributed by atoms with Crippen molar-refractivity contribution in [3.05, 3.63) is 0 Å². The third-order valence-electron chi connectivity index (χ3n) is 2.37. The van der Waals surface area contributed by atoms with Crippen molar-refractivity contribution in [2.45, 2.75) is 39.3 Å². The summed E-state index contributed by atoms with van der Waals surface area (Å²) >= 11 is 0. The molecule has 0 aromatic carbocycles. The highest BCUT2D eigenvalue weighted by molar-refractivity contribution is 5.75. The Kier molecular flexibility index (Phi) is 4.95. The highest BCUT2D eigenvalue weighted by atomic mass is 16.6. The molecule has 0 aliphatic carbocycles. The lowest BCUT2D eigenvalue weighted by Crippen LogP contribution is -2.45. The molecule has 0 aromatic rings. The maximum absolute atomic E-state index is 11.6. The molecule has 1 unspecified atom stereocenters. The van der Waals surface area contributed by atoms with Crippen LogP contribution in [0.3, 0.4) is 0 Å². The first-order valence-corrected chi connectivity index (χ1v) is 6.07. The second-order valence-corrected chi connectivity index (χ2v) is 5.15. The van der Waals surface area contributed by atoms with Crippen molar-refractivity contribution in [3.8, 4) is 0 Å². The molecule has 6 nitrogen and oxygen atoms in total. The molecule has 1 rings (SSSR count). The number of amides is 1. The van der Waals surface area contributed by atoms with E-state index in [0.717, 1.165) is 0 Å². The van der Waals surface area contributed by atoms with E-state index in [1.807, 2.05) is 0 Å². The molecule has 6 heteroatoms. The molecule has 18 heavy (non-hydrogen) atoms. The quantitative estimate of drug-likeness (QED) is 0.768. The summed E-state index contributed by atoms with van der Waals surface area (Å²) in [5, 5.41) is 2.64. The van der Waals surface area contributed by atoms with Crippen LogP contribution in [0.1, 0.15) is 27.7 Å². The van der Waals surface area contributed by atoms with Crippen molar-refractivity contribution in [1.29, 1.82) is 0 Å². The van der Waals surface area contributed by atoms with E-state index in [9.17, 15) is 9.59 Å². The minimum Gasteiger partial charge on any atom is -0.466 e. The molecule has 0 spiro atoms. The monoisotopic (exact) mass is 259 g/mol. The van der Waals surface area contributed by atoms with Crippen LogP contribution in [0.5, 0.6) is 0 Å². The van der Waals surface area contributed by atoms with Gasteiger partial charge in [-0.2, -0.15) is 0 Å². The first kappa shape index (κ1) is 14.8. The highest BCUT2D eigenvalue weighted by Crippen LogP contribution is 2.16. The van der Waals surface area contributed by atoms with E-state index >= 15 is 0 Å². The number of esters is 1. The van der Waals surface area contributed by atoms with Gasteiger partial charge in [0.05, 0.1) is 25.9 Å². The van der Waals surface area contributed by atoms with Gasteiger partial charge in [0, 0.05) is 0 Å². The minimum atomic E-state index is -0.566. The van der Waals surface area contributed by atoms with Gasteiger partial charge in [-0.3, -0.25) is 4.79 Å². The maximum atomic E-state index is 11.6.